The van der Waals surface area contributed by atoms with E-state index in [0.29, 0.717) is 63.4 Å². The second-order valence-electron chi connectivity index (χ2n) is 19.8. The van der Waals surface area contributed by atoms with Crippen LogP contribution in [0.25, 0.3) is 0 Å². The van der Waals surface area contributed by atoms with Crippen LogP contribution in [0.4, 0.5) is 0 Å². The lowest BCUT2D eigenvalue weighted by Crippen LogP contribution is -2.61. The summed E-state index contributed by atoms with van der Waals surface area (Å²) in [5, 5.41) is 45.7. The van der Waals surface area contributed by atoms with Gasteiger partial charge in [-0.15, -0.1) is 0 Å². The van der Waals surface area contributed by atoms with Crippen molar-refractivity contribution in [3.8, 4) is 0 Å². The maximum Gasteiger partial charge on any atom is 0.329 e. The molecular weight excluding hydrogens is 835 g/mol. The Hall–Kier alpha value is -3.08. The summed E-state index contributed by atoms with van der Waals surface area (Å²) in [6.45, 7) is 13.0. The molecule has 65 heavy (non-hydrogen) atoms. The number of carbonyl (C=O) groups excluding carboxylic acids is 4. The number of hydrogen-bond acceptors (Lipinski definition) is 13. The fraction of sp³-hybridized carbons (Fsp3) is 0.765. The van der Waals surface area contributed by atoms with Gasteiger partial charge in [-0.05, 0) is 107 Å². The van der Waals surface area contributed by atoms with Gasteiger partial charge < -0.3 is 49.0 Å². The van der Waals surface area contributed by atoms with E-state index in [1.165, 1.54) is 12.0 Å². The van der Waals surface area contributed by atoms with Gasteiger partial charge in [0.25, 0.3) is 11.7 Å². The number of rotatable bonds is 6. The van der Waals surface area contributed by atoms with Gasteiger partial charge >= 0.3 is 5.97 Å². The zero-order chi connectivity index (χ0) is 48.2. The minimum absolute atomic E-state index is 0.0183. The molecule has 0 aromatic heterocycles. The molecule has 3 heterocycles. The molecule has 2 saturated heterocycles. The van der Waals surface area contributed by atoms with E-state index in [-0.39, 0.29) is 49.0 Å². The van der Waals surface area contributed by atoms with Crippen LogP contribution < -0.4 is 0 Å². The highest BCUT2D eigenvalue weighted by Gasteiger charge is 2.53. The third-order valence-electron chi connectivity index (χ3n) is 14.7. The lowest BCUT2D eigenvalue weighted by Gasteiger charge is -2.43. The summed E-state index contributed by atoms with van der Waals surface area (Å²) in [4.78, 5) is 57.8. The number of carbonyl (C=O) groups is 4. The predicted molar refractivity (Wildman–Crippen MR) is 246 cm³/mol. The summed E-state index contributed by atoms with van der Waals surface area (Å²) in [7, 11) is 4.55. The van der Waals surface area contributed by atoms with E-state index in [1.807, 2.05) is 58.1 Å². The molecule has 4 rings (SSSR count). The van der Waals surface area contributed by atoms with Crippen molar-refractivity contribution in [3.63, 3.8) is 0 Å². The Morgan fingerprint density at radius 2 is 1.54 bits per heavy atom. The van der Waals surface area contributed by atoms with Gasteiger partial charge in [-0.3, -0.25) is 14.4 Å². The maximum atomic E-state index is 14.4. The Balaban J connectivity index is 1.70. The van der Waals surface area contributed by atoms with Crippen LogP contribution >= 0.6 is 0 Å². The average molecular weight is 916 g/mol. The molecule has 4 N–H and O–H groups in total. The predicted octanol–water partition coefficient (Wildman–Crippen LogP) is 5.97. The SMILES string of the molecule is CO[C@H]1C[C@@H]2CC[C@@H](C)[C@@](O)(O2)C(=O)C(=O)N2CCCC[C@H]2C(=O)O[C@H]([C@H](C)C[C@@H]2CC[C@@H](O)[C@H](OC)C2)C[C@@H](O)[C@H](C)/C=C(\C)[C@@H](O)[C@@H](OC)C(=O)[C@H](C)C[C@H](C)/C=C/C=C/C=C/1C. The van der Waals surface area contributed by atoms with Crippen molar-refractivity contribution in [1.82, 2.24) is 4.90 Å². The van der Waals surface area contributed by atoms with Crippen LogP contribution in [0.3, 0.4) is 0 Å². The number of ether oxygens (including phenoxy) is 5. The van der Waals surface area contributed by atoms with Crippen LogP contribution in [-0.2, 0) is 42.9 Å². The van der Waals surface area contributed by atoms with Gasteiger partial charge in [0.2, 0.25) is 5.79 Å². The van der Waals surface area contributed by atoms with Crippen molar-refractivity contribution < 1.29 is 63.3 Å². The number of Topliss-reactive ketones (excluding diaryl/α,β-unsaturated/α-hetero) is 2. The monoisotopic (exact) mass is 916 g/mol. The Bertz CT molecular complexity index is 1710. The molecule has 3 aliphatic heterocycles. The van der Waals surface area contributed by atoms with E-state index in [9.17, 15) is 39.6 Å². The molecule has 2 bridgehead atoms. The van der Waals surface area contributed by atoms with Gasteiger partial charge in [0, 0.05) is 58.5 Å². The van der Waals surface area contributed by atoms with Crippen LogP contribution in [-0.4, -0.2) is 137 Å². The molecule has 0 radical (unpaired) electrons. The molecule has 0 unspecified atom stereocenters. The van der Waals surface area contributed by atoms with Crippen molar-refractivity contribution in [3.05, 3.63) is 47.6 Å². The first-order valence-corrected chi connectivity index (χ1v) is 24.1. The number of esters is 1. The smallest absolute Gasteiger partial charge is 0.329 e. The number of amides is 1. The summed E-state index contributed by atoms with van der Waals surface area (Å²) in [5.74, 6) is -7.26. The molecule has 4 aliphatic rings. The molecule has 1 amide bonds. The van der Waals surface area contributed by atoms with Crippen LogP contribution in [0.1, 0.15) is 126 Å². The Morgan fingerprint density at radius 3 is 2.22 bits per heavy atom. The molecule has 0 aromatic rings. The third kappa shape index (κ3) is 14.5. The molecule has 3 fully saturated rings. The zero-order valence-corrected chi connectivity index (χ0v) is 40.7. The Kier molecular flexibility index (Phi) is 21.3. The van der Waals surface area contributed by atoms with Crippen LogP contribution in [0, 0.1) is 35.5 Å². The molecule has 0 spiro atoms. The first kappa shape index (κ1) is 54.5. The van der Waals surface area contributed by atoms with Crippen LogP contribution in [0.15, 0.2) is 47.6 Å². The second kappa shape index (κ2) is 25.3. The summed E-state index contributed by atoms with van der Waals surface area (Å²) < 4.78 is 29.5. The molecule has 368 valence electrons. The lowest BCUT2D eigenvalue weighted by molar-refractivity contribution is -0.265. The molecule has 16 atom stereocenters. The minimum atomic E-state index is -2.42. The van der Waals surface area contributed by atoms with Gasteiger partial charge in [-0.25, -0.2) is 4.79 Å². The summed E-state index contributed by atoms with van der Waals surface area (Å²) >= 11 is 0. The highest BCUT2D eigenvalue weighted by Crippen LogP contribution is 2.38. The largest absolute Gasteiger partial charge is 0.460 e. The number of allylic oxidation sites excluding steroid dienone is 5. The number of cyclic esters (lactones) is 1. The maximum absolute atomic E-state index is 14.4. The first-order chi connectivity index (χ1) is 30.7. The van der Waals surface area contributed by atoms with Crippen molar-refractivity contribution in [1.29, 1.82) is 0 Å². The summed E-state index contributed by atoms with van der Waals surface area (Å²) in [5.41, 5.74) is 1.33. The van der Waals surface area contributed by atoms with E-state index in [0.717, 1.165) is 12.0 Å². The van der Waals surface area contributed by atoms with Crippen LogP contribution in [0.2, 0.25) is 0 Å². The average Bonchev–Trinajstić information content (AvgIpc) is 3.28. The second-order valence-corrected chi connectivity index (χ2v) is 19.8. The quantitative estimate of drug-likeness (QED) is 0.138. The summed E-state index contributed by atoms with van der Waals surface area (Å²) in [6.07, 6.45) is 10.9. The number of aliphatic hydroxyl groups is 4. The van der Waals surface area contributed by atoms with Gasteiger partial charge in [0.1, 0.15) is 24.4 Å². The normalized spacial score (nSPS) is 41.5. The number of ketones is 2. The molecule has 14 heteroatoms. The number of hydrogen-bond donors (Lipinski definition) is 4. The summed E-state index contributed by atoms with van der Waals surface area (Å²) in [6, 6.07) is -1.11. The van der Waals surface area contributed by atoms with Crippen molar-refractivity contribution in [2.75, 3.05) is 27.9 Å². The molecule has 1 aliphatic carbocycles. The lowest BCUT2D eigenvalue weighted by atomic mass is 9.78. The van der Waals surface area contributed by atoms with Crippen molar-refractivity contribution >= 4 is 23.4 Å². The number of nitrogens with zero attached hydrogens (tertiary/aromatic N) is 1. The van der Waals surface area contributed by atoms with Crippen LogP contribution in [0.5, 0.6) is 0 Å². The topological polar surface area (TPSA) is 199 Å². The standard InChI is InChI=1S/C51H81NO13/c1-30-16-12-11-13-17-31(2)42(61-8)28-38-21-19-36(7)51(60,65-38)48(57)49(58)52-23-15-14-18-39(52)50(59)64-43(33(4)26-37-20-22-40(53)44(27-37)62-9)29-41(54)32(3)25-35(6)46(56)47(63-10)45(55)34(5)24-30/h11-13,16-17,25,30,32-34,36-44,46-47,53-54,56,60H,14-15,18-24,26-29H2,1-10H3/b13-11+,16-12+,31-17+,35-25+/t30-,32-,33-,34-,36-,37+,38+,39+,40-,41-,42+,43+,44-,46-,47+,51-/m1/s1. The first-order valence-electron chi connectivity index (χ1n) is 24.1. The minimum Gasteiger partial charge on any atom is -0.460 e. The van der Waals surface area contributed by atoms with Crippen molar-refractivity contribution in [2.45, 2.75) is 186 Å². The Labute approximate surface area is 387 Å². The number of fused-ring (bicyclic) bond motifs is 3. The van der Waals surface area contributed by atoms with E-state index >= 15 is 0 Å². The molecule has 1 saturated carbocycles. The van der Waals surface area contributed by atoms with E-state index < -0.39 is 90.0 Å². The Morgan fingerprint density at radius 1 is 0.815 bits per heavy atom. The fourth-order valence-corrected chi connectivity index (χ4v) is 10.3. The molecule has 0 aromatic carbocycles. The van der Waals surface area contributed by atoms with Crippen molar-refractivity contribution in [2.24, 2.45) is 35.5 Å². The van der Waals surface area contributed by atoms with Gasteiger partial charge in [-0.1, -0.05) is 71.1 Å². The fourth-order valence-electron chi connectivity index (χ4n) is 10.3. The van der Waals surface area contributed by atoms with Gasteiger partial charge in [0.05, 0.1) is 30.5 Å². The number of aliphatic hydroxyl groups excluding tert-OH is 3. The van der Waals surface area contributed by atoms with Gasteiger partial charge in [-0.2, -0.15) is 0 Å². The molecular formula is C51H81NO13. The van der Waals surface area contributed by atoms with Gasteiger partial charge in [0.15, 0.2) is 5.78 Å². The highest BCUT2D eigenvalue weighted by atomic mass is 16.6. The number of piperidine rings is 1. The zero-order valence-electron chi connectivity index (χ0n) is 40.7. The third-order valence-corrected chi connectivity index (χ3v) is 14.7. The van der Waals surface area contributed by atoms with E-state index in [4.69, 9.17) is 23.7 Å². The molecule has 14 nitrogen and oxygen atoms in total. The van der Waals surface area contributed by atoms with E-state index in [1.54, 1.807) is 41.1 Å². The number of methoxy groups -OCH3 is 3. The highest BCUT2D eigenvalue weighted by molar-refractivity contribution is 6.39. The van der Waals surface area contributed by atoms with E-state index in [2.05, 4.69) is 0 Å².